The number of benzene rings is 1. The highest BCUT2D eigenvalue weighted by molar-refractivity contribution is 5.69. The van der Waals surface area contributed by atoms with Crippen LogP contribution in [0.3, 0.4) is 0 Å². The summed E-state index contributed by atoms with van der Waals surface area (Å²) in [5.41, 5.74) is 0.983. The monoisotopic (exact) mass is 323 g/mol. The second kappa shape index (κ2) is 7.88. The van der Waals surface area contributed by atoms with Crippen LogP contribution in [-0.4, -0.2) is 47.9 Å². The molecule has 1 heterocycles. The second-order valence-corrected chi connectivity index (χ2v) is 6.13. The number of hydroxylamine groups is 2. The average molecular weight is 323 g/mol. The number of ether oxygens (including phenoxy) is 3. The van der Waals surface area contributed by atoms with E-state index in [4.69, 9.17) is 14.2 Å². The Morgan fingerprint density at radius 3 is 2.70 bits per heavy atom. The van der Waals surface area contributed by atoms with E-state index in [1.54, 1.807) is 0 Å². The highest BCUT2D eigenvalue weighted by atomic mass is 16.7. The quantitative estimate of drug-likeness (QED) is 0.614. The maximum Gasteiger partial charge on any atom is 0.305 e. The minimum atomic E-state index is -0.679. The van der Waals surface area contributed by atoms with E-state index in [-0.39, 0.29) is 24.5 Å². The van der Waals surface area contributed by atoms with Gasteiger partial charge in [0.05, 0.1) is 19.8 Å². The molecule has 1 aliphatic heterocycles. The van der Waals surface area contributed by atoms with Gasteiger partial charge in [-0.05, 0) is 25.8 Å². The summed E-state index contributed by atoms with van der Waals surface area (Å²) in [6, 6.07) is 9.30. The Kier molecular flexibility index (Phi) is 6.12. The van der Waals surface area contributed by atoms with E-state index in [2.05, 4.69) is 0 Å². The molecule has 6 heteroatoms. The van der Waals surface area contributed by atoms with Crippen LogP contribution in [0.5, 0.6) is 0 Å². The van der Waals surface area contributed by atoms with Crippen molar-refractivity contribution in [2.75, 3.05) is 13.7 Å². The van der Waals surface area contributed by atoms with Crippen LogP contribution in [0.25, 0.3) is 0 Å². The van der Waals surface area contributed by atoms with Crippen LogP contribution < -0.4 is 0 Å². The number of carbonyl (C=O) groups excluding carboxylic acids is 1. The van der Waals surface area contributed by atoms with E-state index in [9.17, 15) is 10.0 Å². The van der Waals surface area contributed by atoms with Crippen molar-refractivity contribution in [1.29, 1.82) is 0 Å². The molecule has 0 saturated carbocycles. The van der Waals surface area contributed by atoms with Crippen LogP contribution in [0.2, 0.25) is 0 Å². The van der Waals surface area contributed by atoms with Crippen LogP contribution in [-0.2, 0) is 25.5 Å². The maximum atomic E-state index is 11.4. The third-order valence-electron chi connectivity index (χ3n) is 3.90. The third-order valence-corrected chi connectivity index (χ3v) is 3.90. The van der Waals surface area contributed by atoms with Gasteiger partial charge in [-0.15, -0.1) is 0 Å². The Balaban J connectivity index is 2.04. The summed E-state index contributed by atoms with van der Waals surface area (Å²) in [6.07, 6.45) is 0.344. The summed E-state index contributed by atoms with van der Waals surface area (Å²) in [5, 5.41) is 11.8. The van der Waals surface area contributed by atoms with Crippen LogP contribution in [0.1, 0.15) is 32.3 Å². The van der Waals surface area contributed by atoms with E-state index in [1.165, 1.54) is 12.2 Å². The molecule has 128 valence electrons. The van der Waals surface area contributed by atoms with Crippen LogP contribution in [0.4, 0.5) is 0 Å². The molecule has 1 aromatic carbocycles. The van der Waals surface area contributed by atoms with Gasteiger partial charge in [0.15, 0.2) is 5.79 Å². The van der Waals surface area contributed by atoms with Crippen molar-refractivity contribution < 1.29 is 24.2 Å². The van der Waals surface area contributed by atoms with Gasteiger partial charge in [-0.2, -0.15) is 5.06 Å². The smallest absolute Gasteiger partial charge is 0.305 e. The number of rotatable bonds is 7. The summed E-state index contributed by atoms with van der Waals surface area (Å²) in [4.78, 5) is 11.4. The number of esters is 1. The van der Waals surface area contributed by atoms with Gasteiger partial charge in [0.25, 0.3) is 0 Å². The first-order valence-corrected chi connectivity index (χ1v) is 7.79. The highest BCUT2D eigenvalue weighted by Crippen LogP contribution is 2.28. The van der Waals surface area contributed by atoms with Gasteiger partial charge in [-0.1, -0.05) is 30.3 Å². The predicted molar refractivity (Wildman–Crippen MR) is 83.7 cm³/mol. The van der Waals surface area contributed by atoms with Crippen LogP contribution in [0.15, 0.2) is 30.3 Å². The van der Waals surface area contributed by atoms with Gasteiger partial charge in [0, 0.05) is 13.0 Å². The Labute approximate surface area is 136 Å². The fraction of sp³-hybridized carbons (Fsp3) is 0.588. The minimum Gasteiger partial charge on any atom is -0.469 e. The normalized spacial score (nSPS) is 21.3. The van der Waals surface area contributed by atoms with E-state index in [1.807, 2.05) is 44.2 Å². The van der Waals surface area contributed by atoms with E-state index < -0.39 is 5.79 Å². The molecule has 1 saturated heterocycles. The molecule has 1 N–H and O–H groups in total. The molecule has 0 aliphatic carbocycles. The molecule has 6 nitrogen and oxygen atoms in total. The zero-order valence-electron chi connectivity index (χ0n) is 13.9. The van der Waals surface area contributed by atoms with Gasteiger partial charge >= 0.3 is 5.97 Å². The Hall–Kier alpha value is -1.47. The lowest BCUT2D eigenvalue weighted by molar-refractivity contribution is -0.191. The molecule has 1 fully saturated rings. The van der Waals surface area contributed by atoms with Gasteiger partial charge < -0.3 is 19.4 Å². The topological polar surface area (TPSA) is 68.2 Å². The van der Waals surface area contributed by atoms with Gasteiger partial charge in [0.1, 0.15) is 6.10 Å². The van der Waals surface area contributed by atoms with E-state index >= 15 is 0 Å². The molecular weight excluding hydrogens is 298 g/mol. The van der Waals surface area contributed by atoms with Crippen molar-refractivity contribution in [3.63, 3.8) is 0 Å². The van der Waals surface area contributed by atoms with Gasteiger partial charge in [-0.25, -0.2) is 0 Å². The maximum absolute atomic E-state index is 11.4. The van der Waals surface area contributed by atoms with E-state index in [0.717, 1.165) is 5.56 Å². The zero-order chi connectivity index (χ0) is 16.9. The zero-order valence-corrected chi connectivity index (χ0v) is 13.9. The first-order chi connectivity index (χ1) is 10.9. The molecule has 1 aliphatic rings. The molecule has 2 atom stereocenters. The predicted octanol–water partition coefficient (Wildman–Crippen LogP) is 2.35. The molecule has 0 aromatic heterocycles. The molecular formula is C17H25NO5. The van der Waals surface area contributed by atoms with Crippen LogP contribution in [0, 0.1) is 0 Å². The fourth-order valence-electron chi connectivity index (χ4n) is 2.69. The van der Waals surface area contributed by atoms with Crippen molar-refractivity contribution >= 4 is 5.97 Å². The molecule has 0 radical (unpaired) electrons. The lowest BCUT2D eigenvalue weighted by Crippen LogP contribution is -2.43. The minimum absolute atomic E-state index is 0.216. The van der Waals surface area contributed by atoms with Crippen molar-refractivity contribution in [3.8, 4) is 0 Å². The molecule has 0 spiro atoms. The Morgan fingerprint density at radius 1 is 1.43 bits per heavy atom. The summed E-state index contributed by atoms with van der Waals surface area (Å²) in [7, 11) is 1.36. The van der Waals surface area contributed by atoms with Crippen molar-refractivity contribution in [3.05, 3.63) is 35.9 Å². The van der Waals surface area contributed by atoms with Gasteiger partial charge in [0.2, 0.25) is 0 Å². The number of methoxy groups -OCH3 is 1. The van der Waals surface area contributed by atoms with Crippen molar-refractivity contribution in [1.82, 2.24) is 5.06 Å². The molecule has 1 aromatic rings. The van der Waals surface area contributed by atoms with Gasteiger partial charge in [-0.3, -0.25) is 4.79 Å². The third kappa shape index (κ3) is 5.28. The summed E-state index contributed by atoms with van der Waals surface area (Å²) in [5.74, 6) is -0.983. The van der Waals surface area contributed by atoms with Crippen molar-refractivity contribution in [2.24, 2.45) is 0 Å². The first-order valence-electron chi connectivity index (χ1n) is 7.79. The number of hydrogen-bond donors (Lipinski definition) is 1. The SMILES string of the molecule is COC(=O)CC[C@@H]([C@H]1COC(C)(C)O1)N(O)Cc1ccccc1. The first kappa shape index (κ1) is 17.9. The lowest BCUT2D eigenvalue weighted by atomic mass is 10.0. The molecule has 0 bridgehead atoms. The number of nitrogens with zero attached hydrogens (tertiary/aromatic N) is 1. The second-order valence-electron chi connectivity index (χ2n) is 6.13. The molecule has 0 unspecified atom stereocenters. The summed E-state index contributed by atoms with van der Waals surface area (Å²) >= 11 is 0. The lowest BCUT2D eigenvalue weighted by Gasteiger charge is -2.30. The van der Waals surface area contributed by atoms with E-state index in [0.29, 0.717) is 19.6 Å². The number of hydrogen-bond acceptors (Lipinski definition) is 6. The standard InChI is InChI=1S/C17H25NO5/c1-17(2)22-12-15(23-17)14(9-10-16(19)21-3)18(20)11-13-7-5-4-6-8-13/h4-8,14-15,20H,9-12H2,1-3H3/t14-,15+/m0/s1. The Morgan fingerprint density at radius 2 is 2.13 bits per heavy atom. The van der Waals surface area contributed by atoms with Crippen molar-refractivity contribution in [2.45, 2.75) is 51.2 Å². The number of carbonyl (C=O) groups is 1. The fourth-order valence-corrected chi connectivity index (χ4v) is 2.69. The Bertz CT molecular complexity index is 505. The summed E-state index contributed by atoms with van der Waals surface area (Å²) in [6.45, 7) is 4.41. The van der Waals surface area contributed by atoms with Crippen LogP contribution >= 0.6 is 0 Å². The molecule has 2 rings (SSSR count). The average Bonchev–Trinajstić information content (AvgIpc) is 2.88. The largest absolute Gasteiger partial charge is 0.469 e. The molecule has 23 heavy (non-hydrogen) atoms. The molecule has 0 amide bonds. The summed E-state index contributed by atoms with van der Waals surface area (Å²) < 4.78 is 16.1. The highest BCUT2D eigenvalue weighted by Gasteiger charge is 2.39.